The first-order chi connectivity index (χ1) is 7.54. The minimum absolute atomic E-state index is 0.615. The Kier molecular flexibility index (Phi) is 5.77. The fraction of sp³-hybridized carbons (Fsp3) is 1.00. The number of nitrogens with one attached hydrogen (secondary N) is 1. The Hall–Kier alpha value is -0.0800. The Morgan fingerprint density at radius 2 is 1.94 bits per heavy atom. The van der Waals surface area contributed by atoms with E-state index in [4.69, 9.17) is 0 Å². The van der Waals surface area contributed by atoms with E-state index in [0.29, 0.717) is 12.1 Å². The monoisotopic (exact) mass is 226 g/mol. The minimum Gasteiger partial charge on any atom is -0.311 e. The summed E-state index contributed by atoms with van der Waals surface area (Å²) in [6.45, 7) is 14.1. The molecule has 0 aromatic rings. The fourth-order valence-electron chi connectivity index (χ4n) is 2.80. The van der Waals surface area contributed by atoms with E-state index in [9.17, 15) is 0 Å². The van der Waals surface area contributed by atoms with Gasteiger partial charge in [-0.15, -0.1) is 0 Å². The van der Waals surface area contributed by atoms with Crippen molar-refractivity contribution in [2.75, 3.05) is 13.1 Å². The highest BCUT2D eigenvalue weighted by molar-refractivity contribution is 4.84. The Bertz CT molecular complexity index is 189. The summed E-state index contributed by atoms with van der Waals surface area (Å²) in [5, 5.41) is 3.76. The van der Waals surface area contributed by atoms with Crippen LogP contribution in [0.1, 0.15) is 53.9 Å². The van der Waals surface area contributed by atoms with Gasteiger partial charge in [-0.3, -0.25) is 0 Å². The summed E-state index contributed by atoms with van der Waals surface area (Å²) in [6, 6.07) is 2.05. The number of hydrogen-bond acceptors (Lipinski definition) is 2. The van der Waals surface area contributed by atoms with Gasteiger partial charge in [-0.2, -0.15) is 0 Å². The van der Waals surface area contributed by atoms with Gasteiger partial charge < -0.3 is 10.2 Å². The molecule has 2 unspecified atom stereocenters. The van der Waals surface area contributed by atoms with E-state index in [1.807, 2.05) is 0 Å². The van der Waals surface area contributed by atoms with Gasteiger partial charge in [-0.05, 0) is 39.2 Å². The van der Waals surface area contributed by atoms with Crippen molar-refractivity contribution in [2.45, 2.75) is 72.0 Å². The summed E-state index contributed by atoms with van der Waals surface area (Å²) >= 11 is 0. The van der Waals surface area contributed by atoms with Crippen LogP contribution in [0.25, 0.3) is 0 Å². The Balaban J connectivity index is 2.59. The molecule has 2 nitrogen and oxygen atoms in total. The Labute approximate surface area is 102 Å². The summed E-state index contributed by atoms with van der Waals surface area (Å²) in [7, 11) is 0. The molecule has 1 rings (SSSR count). The highest BCUT2D eigenvalue weighted by atomic mass is 15.2. The van der Waals surface area contributed by atoms with Crippen molar-refractivity contribution in [2.24, 2.45) is 5.92 Å². The van der Waals surface area contributed by atoms with Gasteiger partial charge in [0.05, 0.1) is 0 Å². The molecule has 0 radical (unpaired) electrons. The van der Waals surface area contributed by atoms with E-state index in [2.05, 4.69) is 44.8 Å². The second kappa shape index (κ2) is 6.61. The van der Waals surface area contributed by atoms with Gasteiger partial charge in [0, 0.05) is 24.7 Å². The summed E-state index contributed by atoms with van der Waals surface area (Å²) in [4.78, 5) is 2.65. The van der Waals surface area contributed by atoms with E-state index in [1.54, 1.807) is 0 Å². The van der Waals surface area contributed by atoms with Gasteiger partial charge in [0.15, 0.2) is 0 Å². The van der Waals surface area contributed by atoms with Crippen molar-refractivity contribution >= 4 is 0 Å². The summed E-state index contributed by atoms with van der Waals surface area (Å²) in [5.41, 5.74) is 0. The first-order valence-electron chi connectivity index (χ1n) is 7.04. The normalized spacial score (nSPS) is 28.7. The molecule has 1 aliphatic heterocycles. The van der Waals surface area contributed by atoms with Crippen molar-refractivity contribution in [3.8, 4) is 0 Å². The van der Waals surface area contributed by atoms with Gasteiger partial charge in [0.25, 0.3) is 0 Å². The lowest BCUT2D eigenvalue weighted by Crippen LogP contribution is -2.43. The molecular weight excluding hydrogens is 196 g/mol. The van der Waals surface area contributed by atoms with Crippen LogP contribution in [0.4, 0.5) is 0 Å². The maximum Gasteiger partial charge on any atom is 0.0110 e. The molecule has 1 saturated heterocycles. The van der Waals surface area contributed by atoms with Crippen LogP contribution < -0.4 is 5.32 Å². The first-order valence-corrected chi connectivity index (χ1v) is 7.04. The van der Waals surface area contributed by atoms with E-state index >= 15 is 0 Å². The molecule has 0 aliphatic carbocycles. The molecule has 96 valence electrons. The largest absolute Gasteiger partial charge is 0.311 e. The topological polar surface area (TPSA) is 15.3 Å². The maximum absolute atomic E-state index is 3.76. The highest BCUT2D eigenvalue weighted by Gasteiger charge is 2.26. The van der Waals surface area contributed by atoms with Crippen LogP contribution in [0.3, 0.4) is 0 Å². The third-order valence-corrected chi connectivity index (χ3v) is 3.80. The molecule has 0 aromatic carbocycles. The zero-order chi connectivity index (χ0) is 12.1. The van der Waals surface area contributed by atoms with Crippen molar-refractivity contribution in [3.63, 3.8) is 0 Å². The van der Waals surface area contributed by atoms with Crippen LogP contribution in [-0.2, 0) is 0 Å². The predicted octanol–water partition coefficient (Wildman–Crippen LogP) is 2.88. The fourth-order valence-corrected chi connectivity index (χ4v) is 2.80. The summed E-state index contributed by atoms with van der Waals surface area (Å²) < 4.78 is 0. The van der Waals surface area contributed by atoms with Crippen LogP contribution >= 0.6 is 0 Å². The van der Waals surface area contributed by atoms with Crippen molar-refractivity contribution in [1.29, 1.82) is 0 Å². The van der Waals surface area contributed by atoms with Crippen LogP contribution in [0.2, 0.25) is 0 Å². The predicted molar refractivity (Wildman–Crippen MR) is 71.8 cm³/mol. The zero-order valence-electron chi connectivity index (χ0n) is 11.8. The van der Waals surface area contributed by atoms with E-state index < -0.39 is 0 Å². The standard InChI is InChI=1S/C14H30N2/c1-6-13-10-16(12(4)5)9-7-8-14(13)15-11(2)3/h11-15H,6-10H2,1-5H3. The molecule has 1 fully saturated rings. The minimum atomic E-state index is 0.615. The SMILES string of the molecule is CCC1CN(C(C)C)CCCC1NC(C)C. The molecule has 0 aromatic heterocycles. The third-order valence-electron chi connectivity index (χ3n) is 3.80. The van der Waals surface area contributed by atoms with Crippen LogP contribution in [0.5, 0.6) is 0 Å². The van der Waals surface area contributed by atoms with Gasteiger partial charge in [-0.25, -0.2) is 0 Å². The average Bonchev–Trinajstić information content (AvgIpc) is 2.39. The smallest absolute Gasteiger partial charge is 0.0110 e. The molecule has 1 aliphatic rings. The third kappa shape index (κ3) is 4.06. The molecule has 0 bridgehead atoms. The van der Waals surface area contributed by atoms with Gasteiger partial charge >= 0.3 is 0 Å². The van der Waals surface area contributed by atoms with E-state index in [1.165, 1.54) is 32.4 Å². The highest BCUT2D eigenvalue weighted by Crippen LogP contribution is 2.21. The number of likely N-dealkylation sites (tertiary alicyclic amines) is 1. The second-order valence-corrected chi connectivity index (χ2v) is 5.83. The van der Waals surface area contributed by atoms with Crippen molar-refractivity contribution in [3.05, 3.63) is 0 Å². The summed E-state index contributed by atoms with van der Waals surface area (Å²) in [6.07, 6.45) is 3.99. The van der Waals surface area contributed by atoms with E-state index in [-0.39, 0.29) is 0 Å². The quantitative estimate of drug-likeness (QED) is 0.793. The Morgan fingerprint density at radius 3 is 2.44 bits per heavy atom. The lowest BCUT2D eigenvalue weighted by atomic mass is 9.93. The molecule has 1 N–H and O–H groups in total. The van der Waals surface area contributed by atoms with Crippen LogP contribution in [0.15, 0.2) is 0 Å². The molecule has 2 heteroatoms. The first kappa shape index (κ1) is 14.0. The van der Waals surface area contributed by atoms with Gasteiger partial charge in [0.2, 0.25) is 0 Å². The van der Waals surface area contributed by atoms with Crippen molar-refractivity contribution < 1.29 is 0 Å². The Morgan fingerprint density at radius 1 is 1.25 bits per heavy atom. The average molecular weight is 226 g/mol. The van der Waals surface area contributed by atoms with Crippen molar-refractivity contribution in [1.82, 2.24) is 10.2 Å². The molecule has 2 atom stereocenters. The lowest BCUT2D eigenvalue weighted by molar-refractivity contribution is 0.187. The lowest BCUT2D eigenvalue weighted by Gasteiger charge is -2.31. The van der Waals surface area contributed by atoms with Crippen LogP contribution in [0, 0.1) is 5.92 Å². The van der Waals surface area contributed by atoms with E-state index in [0.717, 1.165) is 12.0 Å². The molecular formula is C14H30N2. The number of hydrogen-bond donors (Lipinski definition) is 1. The molecule has 0 amide bonds. The zero-order valence-corrected chi connectivity index (χ0v) is 11.8. The molecule has 16 heavy (non-hydrogen) atoms. The molecule has 0 saturated carbocycles. The molecule has 1 heterocycles. The summed E-state index contributed by atoms with van der Waals surface area (Å²) in [5.74, 6) is 0.826. The maximum atomic E-state index is 3.76. The number of nitrogens with zero attached hydrogens (tertiary/aromatic N) is 1. The van der Waals surface area contributed by atoms with Gasteiger partial charge in [-0.1, -0.05) is 27.2 Å². The van der Waals surface area contributed by atoms with Crippen LogP contribution in [-0.4, -0.2) is 36.1 Å². The van der Waals surface area contributed by atoms with Gasteiger partial charge in [0.1, 0.15) is 0 Å². The number of rotatable bonds is 4. The second-order valence-electron chi connectivity index (χ2n) is 5.83. The molecule has 0 spiro atoms.